The van der Waals surface area contributed by atoms with Crippen molar-refractivity contribution in [2.45, 2.75) is 32.7 Å². The second-order valence-electron chi connectivity index (χ2n) is 5.61. The Morgan fingerprint density at radius 1 is 1.41 bits per heavy atom. The van der Waals surface area contributed by atoms with Crippen molar-refractivity contribution >= 4 is 11.6 Å². The Balaban J connectivity index is 2.23. The highest BCUT2D eigenvalue weighted by atomic mass is 16.6. The second-order valence-corrected chi connectivity index (χ2v) is 5.61. The van der Waals surface area contributed by atoms with Crippen molar-refractivity contribution in [2.75, 3.05) is 0 Å². The summed E-state index contributed by atoms with van der Waals surface area (Å²) in [6, 6.07) is 7.67. The van der Waals surface area contributed by atoms with Crippen LogP contribution in [-0.4, -0.2) is 26.1 Å². The summed E-state index contributed by atoms with van der Waals surface area (Å²) in [7, 11) is 0. The van der Waals surface area contributed by atoms with Crippen molar-refractivity contribution in [2.24, 2.45) is 0 Å². The van der Waals surface area contributed by atoms with E-state index < -0.39 is 4.92 Å². The third kappa shape index (κ3) is 3.49. The lowest BCUT2D eigenvalue weighted by Crippen LogP contribution is -2.42. The van der Waals surface area contributed by atoms with Gasteiger partial charge in [0.1, 0.15) is 0 Å². The zero-order valence-corrected chi connectivity index (χ0v) is 12.7. The molecule has 0 spiro atoms. The molecule has 1 aromatic heterocycles. The van der Waals surface area contributed by atoms with Gasteiger partial charge in [0.15, 0.2) is 5.69 Å². The number of nitro groups is 1. The van der Waals surface area contributed by atoms with Gasteiger partial charge >= 0.3 is 0 Å². The number of hydrogen-bond donors (Lipinski definition) is 1. The summed E-state index contributed by atoms with van der Waals surface area (Å²) >= 11 is 0. The van der Waals surface area contributed by atoms with Crippen molar-refractivity contribution in [3.8, 4) is 5.69 Å². The molecule has 0 aliphatic carbocycles. The van der Waals surface area contributed by atoms with Gasteiger partial charge < -0.3 is 5.32 Å². The van der Waals surface area contributed by atoms with E-state index in [4.69, 9.17) is 0 Å². The second kappa shape index (κ2) is 5.97. The maximum Gasteiger partial charge on any atom is 0.272 e. The average molecular weight is 302 g/mol. The van der Waals surface area contributed by atoms with Crippen molar-refractivity contribution in [1.82, 2.24) is 15.1 Å². The van der Waals surface area contributed by atoms with E-state index in [-0.39, 0.29) is 22.8 Å². The lowest BCUT2D eigenvalue weighted by molar-refractivity contribution is -0.384. The zero-order valence-electron chi connectivity index (χ0n) is 12.7. The minimum absolute atomic E-state index is 0.0221. The smallest absolute Gasteiger partial charge is 0.272 e. The van der Waals surface area contributed by atoms with Gasteiger partial charge in [0, 0.05) is 23.9 Å². The third-order valence-electron chi connectivity index (χ3n) is 3.46. The molecule has 1 aromatic carbocycles. The van der Waals surface area contributed by atoms with E-state index in [1.807, 2.05) is 20.8 Å². The van der Waals surface area contributed by atoms with Crippen LogP contribution in [0, 0.1) is 10.1 Å². The Labute approximate surface area is 128 Å². The molecular weight excluding hydrogens is 284 g/mol. The summed E-state index contributed by atoms with van der Waals surface area (Å²) in [6.07, 6.45) is 2.40. The van der Waals surface area contributed by atoms with Crippen LogP contribution in [0.1, 0.15) is 37.7 Å². The molecule has 0 saturated heterocycles. The van der Waals surface area contributed by atoms with Crippen molar-refractivity contribution < 1.29 is 9.72 Å². The minimum atomic E-state index is -0.468. The van der Waals surface area contributed by atoms with Crippen molar-refractivity contribution in [3.05, 3.63) is 52.3 Å². The molecule has 0 atom stereocenters. The summed E-state index contributed by atoms with van der Waals surface area (Å²) < 4.78 is 1.45. The highest BCUT2D eigenvalue weighted by Gasteiger charge is 2.20. The zero-order chi connectivity index (χ0) is 16.3. The van der Waals surface area contributed by atoms with Gasteiger partial charge in [0.05, 0.1) is 10.6 Å². The molecule has 0 aliphatic heterocycles. The number of non-ortho nitro benzene ring substituents is 1. The lowest BCUT2D eigenvalue weighted by Gasteiger charge is -2.23. The number of nitrogens with one attached hydrogen (secondary N) is 1. The molecule has 1 heterocycles. The van der Waals surface area contributed by atoms with Crippen LogP contribution in [0.15, 0.2) is 36.5 Å². The van der Waals surface area contributed by atoms with Gasteiger partial charge in [0.2, 0.25) is 0 Å². The third-order valence-corrected chi connectivity index (χ3v) is 3.46. The Morgan fingerprint density at radius 3 is 2.77 bits per heavy atom. The monoisotopic (exact) mass is 302 g/mol. The predicted molar refractivity (Wildman–Crippen MR) is 82.1 cm³/mol. The van der Waals surface area contributed by atoms with Crippen molar-refractivity contribution in [1.29, 1.82) is 0 Å². The summed E-state index contributed by atoms with van der Waals surface area (Å²) in [4.78, 5) is 22.5. The van der Waals surface area contributed by atoms with Gasteiger partial charge in [-0.25, -0.2) is 4.68 Å². The summed E-state index contributed by atoms with van der Waals surface area (Å²) in [5, 5.41) is 17.9. The molecule has 1 amide bonds. The van der Waals surface area contributed by atoms with Crippen LogP contribution in [0.5, 0.6) is 0 Å². The highest BCUT2D eigenvalue weighted by molar-refractivity contribution is 5.92. The first kappa shape index (κ1) is 15.7. The van der Waals surface area contributed by atoms with E-state index in [0.29, 0.717) is 5.69 Å². The van der Waals surface area contributed by atoms with Gasteiger partial charge in [-0.3, -0.25) is 14.9 Å². The van der Waals surface area contributed by atoms with Gasteiger partial charge in [-0.05, 0) is 32.4 Å². The highest BCUT2D eigenvalue weighted by Crippen LogP contribution is 2.16. The van der Waals surface area contributed by atoms with E-state index in [2.05, 4.69) is 10.4 Å². The summed E-state index contributed by atoms with van der Waals surface area (Å²) in [6.45, 7) is 5.85. The number of carbonyl (C=O) groups excluding carboxylic acids is 1. The van der Waals surface area contributed by atoms with E-state index in [0.717, 1.165) is 6.42 Å². The first-order valence-electron chi connectivity index (χ1n) is 6.95. The summed E-state index contributed by atoms with van der Waals surface area (Å²) in [5.74, 6) is -0.268. The molecule has 2 rings (SSSR count). The molecule has 0 radical (unpaired) electrons. The first-order chi connectivity index (χ1) is 10.3. The fourth-order valence-corrected chi connectivity index (χ4v) is 1.80. The van der Waals surface area contributed by atoms with Crippen LogP contribution in [0.25, 0.3) is 5.69 Å². The van der Waals surface area contributed by atoms with E-state index in [9.17, 15) is 14.9 Å². The number of aromatic nitrogens is 2. The van der Waals surface area contributed by atoms with E-state index >= 15 is 0 Å². The molecule has 116 valence electrons. The average Bonchev–Trinajstić information content (AvgIpc) is 2.97. The Bertz CT molecular complexity index is 706. The molecule has 0 bridgehead atoms. The lowest BCUT2D eigenvalue weighted by atomic mass is 10.0. The first-order valence-corrected chi connectivity index (χ1v) is 6.95. The molecular formula is C15H18N4O3. The van der Waals surface area contributed by atoms with Crippen LogP contribution in [-0.2, 0) is 0 Å². The number of nitro benzene ring substituents is 1. The fraction of sp³-hybridized carbons (Fsp3) is 0.333. The van der Waals surface area contributed by atoms with Crippen LogP contribution in [0.4, 0.5) is 5.69 Å². The van der Waals surface area contributed by atoms with Gasteiger partial charge in [-0.1, -0.05) is 13.0 Å². The maximum atomic E-state index is 12.1. The molecule has 0 fully saturated rings. The number of benzene rings is 1. The van der Waals surface area contributed by atoms with Crippen LogP contribution in [0.3, 0.4) is 0 Å². The van der Waals surface area contributed by atoms with Crippen LogP contribution >= 0.6 is 0 Å². The van der Waals surface area contributed by atoms with Crippen LogP contribution < -0.4 is 5.32 Å². The molecule has 0 saturated carbocycles. The van der Waals surface area contributed by atoms with E-state index in [1.54, 1.807) is 24.4 Å². The fourth-order valence-electron chi connectivity index (χ4n) is 1.80. The van der Waals surface area contributed by atoms with Gasteiger partial charge in [-0.15, -0.1) is 0 Å². The molecule has 1 N–H and O–H groups in total. The number of amides is 1. The molecule has 7 heteroatoms. The Morgan fingerprint density at radius 2 is 2.14 bits per heavy atom. The normalized spacial score (nSPS) is 11.2. The SMILES string of the molecule is CCC(C)(C)NC(=O)c1ccn(-c2cccc([N+](=O)[O-])c2)n1. The molecule has 2 aromatic rings. The maximum absolute atomic E-state index is 12.1. The molecule has 22 heavy (non-hydrogen) atoms. The van der Waals surface area contributed by atoms with Gasteiger partial charge in [0.25, 0.3) is 11.6 Å². The standard InChI is InChI=1S/C15H18N4O3/c1-4-15(2,3)16-14(20)13-8-9-18(17-13)11-6-5-7-12(10-11)19(21)22/h5-10H,4H2,1-3H3,(H,16,20). The van der Waals surface area contributed by atoms with Gasteiger partial charge in [-0.2, -0.15) is 5.10 Å². The molecule has 0 aliphatic rings. The summed E-state index contributed by atoms with van der Waals surface area (Å²) in [5.41, 5.74) is 0.467. The van der Waals surface area contributed by atoms with Crippen LogP contribution in [0.2, 0.25) is 0 Å². The quantitative estimate of drug-likeness (QED) is 0.679. The number of nitrogens with zero attached hydrogens (tertiary/aromatic N) is 3. The minimum Gasteiger partial charge on any atom is -0.346 e. The number of hydrogen-bond acceptors (Lipinski definition) is 4. The predicted octanol–water partition coefficient (Wildman–Crippen LogP) is 2.70. The molecule has 7 nitrogen and oxygen atoms in total. The number of rotatable bonds is 5. The molecule has 0 unspecified atom stereocenters. The Hall–Kier alpha value is -2.70. The number of carbonyl (C=O) groups is 1. The van der Waals surface area contributed by atoms with Crippen molar-refractivity contribution in [3.63, 3.8) is 0 Å². The topological polar surface area (TPSA) is 90.1 Å². The van der Waals surface area contributed by atoms with E-state index in [1.165, 1.54) is 16.8 Å². The largest absolute Gasteiger partial charge is 0.346 e. The Kier molecular flexibility index (Phi) is 4.25.